The topological polar surface area (TPSA) is 35.5 Å². The van der Waals surface area contributed by atoms with Gasteiger partial charge in [-0.15, -0.1) is 0 Å². The van der Waals surface area contributed by atoms with Gasteiger partial charge in [-0.05, 0) is 35.9 Å². The molecule has 0 bridgehead atoms. The Bertz CT molecular complexity index is 654. The monoisotopic (exact) mass is 278 g/mol. The largest absolute Gasteiger partial charge is 0.496 e. The van der Waals surface area contributed by atoms with Crippen LogP contribution in [0, 0.1) is 11.6 Å². The lowest BCUT2D eigenvalue weighted by molar-refractivity contribution is 0.0595. The van der Waals surface area contributed by atoms with Gasteiger partial charge in [-0.2, -0.15) is 0 Å². The zero-order chi connectivity index (χ0) is 14.7. The maximum Gasteiger partial charge on any atom is 0.340 e. The Morgan fingerprint density at radius 2 is 1.80 bits per heavy atom. The van der Waals surface area contributed by atoms with Gasteiger partial charge in [-0.25, -0.2) is 13.6 Å². The van der Waals surface area contributed by atoms with Gasteiger partial charge in [0.1, 0.15) is 17.4 Å². The van der Waals surface area contributed by atoms with Crippen LogP contribution in [-0.2, 0) is 4.74 Å². The Kier molecular flexibility index (Phi) is 3.98. The molecule has 2 rings (SSSR count). The van der Waals surface area contributed by atoms with Crippen molar-refractivity contribution >= 4 is 5.97 Å². The summed E-state index contributed by atoms with van der Waals surface area (Å²) in [6, 6.07) is 7.89. The zero-order valence-corrected chi connectivity index (χ0v) is 10.9. The molecule has 0 heterocycles. The summed E-state index contributed by atoms with van der Waals surface area (Å²) in [6.45, 7) is 0. The zero-order valence-electron chi connectivity index (χ0n) is 10.9. The van der Waals surface area contributed by atoms with Crippen molar-refractivity contribution in [2.75, 3.05) is 14.2 Å². The average molecular weight is 278 g/mol. The number of halogens is 2. The molecule has 0 spiro atoms. The van der Waals surface area contributed by atoms with E-state index in [9.17, 15) is 13.6 Å². The predicted molar refractivity (Wildman–Crippen MR) is 69.7 cm³/mol. The first-order chi connectivity index (χ1) is 9.56. The van der Waals surface area contributed by atoms with Crippen LogP contribution in [0.25, 0.3) is 11.1 Å². The minimum absolute atomic E-state index is 0.174. The molecular formula is C15H12F2O3. The van der Waals surface area contributed by atoms with Gasteiger partial charge in [0, 0.05) is 5.56 Å². The van der Waals surface area contributed by atoms with E-state index >= 15 is 0 Å². The number of carbonyl (C=O) groups is 1. The van der Waals surface area contributed by atoms with Gasteiger partial charge in [0.2, 0.25) is 0 Å². The number of esters is 1. The first-order valence-corrected chi connectivity index (χ1v) is 5.78. The first kappa shape index (κ1) is 14.0. The Morgan fingerprint density at radius 1 is 1.05 bits per heavy atom. The number of methoxy groups -OCH3 is 2. The molecule has 0 radical (unpaired) electrons. The fourth-order valence-corrected chi connectivity index (χ4v) is 1.86. The van der Waals surface area contributed by atoms with Crippen molar-refractivity contribution in [3.05, 3.63) is 53.6 Å². The second kappa shape index (κ2) is 5.69. The van der Waals surface area contributed by atoms with Crippen molar-refractivity contribution in [3.8, 4) is 16.9 Å². The molecule has 0 atom stereocenters. The summed E-state index contributed by atoms with van der Waals surface area (Å²) in [7, 11) is 2.61. The van der Waals surface area contributed by atoms with E-state index < -0.39 is 17.6 Å². The van der Waals surface area contributed by atoms with Gasteiger partial charge in [-0.1, -0.05) is 6.07 Å². The third kappa shape index (κ3) is 2.61. The third-order valence-electron chi connectivity index (χ3n) is 2.85. The molecule has 2 aromatic rings. The normalized spacial score (nSPS) is 10.2. The van der Waals surface area contributed by atoms with E-state index in [0.717, 1.165) is 6.07 Å². The molecule has 0 aromatic heterocycles. The van der Waals surface area contributed by atoms with Crippen molar-refractivity contribution in [2.45, 2.75) is 0 Å². The average Bonchev–Trinajstić information content (AvgIpc) is 2.46. The molecule has 0 fully saturated rings. The second-order valence-corrected chi connectivity index (χ2v) is 4.03. The van der Waals surface area contributed by atoms with E-state index in [1.165, 1.54) is 44.6 Å². The minimum Gasteiger partial charge on any atom is -0.496 e. The molecular weight excluding hydrogens is 266 g/mol. The molecule has 0 aliphatic heterocycles. The van der Waals surface area contributed by atoms with Gasteiger partial charge < -0.3 is 9.47 Å². The van der Waals surface area contributed by atoms with Crippen LogP contribution in [0.3, 0.4) is 0 Å². The van der Waals surface area contributed by atoms with Crippen LogP contribution in [-0.4, -0.2) is 20.2 Å². The van der Waals surface area contributed by atoms with Crippen LogP contribution in [0.15, 0.2) is 36.4 Å². The molecule has 2 aromatic carbocycles. The minimum atomic E-state index is -0.764. The van der Waals surface area contributed by atoms with Gasteiger partial charge in [-0.3, -0.25) is 0 Å². The maximum absolute atomic E-state index is 13.9. The molecule has 0 saturated heterocycles. The lowest BCUT2D eigenvalue weighted by Crippen LogP contribution is -2.04. The summed E-state index contributed by atoms with van der Waals surface area (Å²) in [5, 5.41) is 0. The highest BCUT2D eigenvalue weighted by Gasteiger charge is 2.15. The maximum atomic E-state index is 13.9. The van der Waals surface area contributed by atoms with Crippen LogP contribution in [0.4, 0.5) is 8.78 Å². The highest BCUT2D eigenvalue weighted by Crippen LogP contribution is 2.31. The Balaban J connectivity index is 2.52. The van der Waals surface area contributed by atoms with E-state index in [0.29, 0.717) is 16.9 Å². The van der Waals surface area contributed by atoms with Crippen LogP contribution < -0.4 is 4.74 Å². The van der Waals surface area contributed by atoms with E-state index in [1.54, 1.807) is 0 Å². The Morgan fingerprint density at radius 3 is 2.40 bits per heavy atom. The fraction of sp³-hybridized carbons (Fsp3) is 0.133. The lowest BCUT2D eigenvalue weighted by Gasteiger charge is -2.10. The first-order valence-electron chi connectivity index (χ1n) is 5.78. The molecule has 3 nitrogen and oxygen atoms in total. The molecule has 0 unspecified atom stereocenters. The smallest absolute Gasteiger partial charge is 0.340 e. The number of hydrogen-bond acceptors (Lipinski definition) is 3. The summed E-state index contributed by atoms with van der Waals surface area (Å²) < 4.78 is 36.8. The molecule has 5 heteroatoms. The van der Waals surface area contributed by atoms with Crippen LogP contribution in [0.1, 0.15) is 10.4 Å². The summed E-state index contributed by atoms with van der Waals surface area (Å²) in [5.41, 5.74) is 0.640. The van der Waals surface area contributed by atoms with Crippen molar-refractivity contribution < 1.29 is 23.0 Å². The number of ether oxygens (including phenoxy) is 2. The molecule has 0 aliphatic carbocycles. The summed E-state index contributed by atoms with van der Waals surface area (Å²) in [6.07, 6.45) is 0. The number of benzene rings is 2. The molecule has 0 saturated carbocycles. The van der Waals surface area contributed by atoms with Gasteiger partial charge in [0.05, 0.1) is 19.8 Å². The van der Waals surface area contributed by atoms with Gasteiger partial charge in [0.15, 0.2) is 0 Å². The molecule has 0 aliphatic rings. The molecule has 0 N–H and O–H groups in total. The van der Waals surface area contributed by atoms with E-state index in [1.807, 2.05) is 0 Å². The lowest BCUT2D eigenvalue weighted by atomic mass is 10.0. The van der Waals surface area contributed by atoms with Gasteiger partial charge >= 0.3 is 5.97 Å². The number of rotatable bonds is 3. The van der Waals surface area contributed by atoms with E-state index in [2.05, 4.69) is 4.74 Å². The number of carbonyl (C=O) groups excluding carboxylic acids is 1. The van der Waals surface area contributed by atoms with E-state index in [-0.39, 0.29) is 5.56 Å². The molecule has 20 heavy (non-hydrogen) atoms. The van der Waals surface area contributed by atoms with Crippen molar-refractivity contribution in [3.63, 3.8) is 0 Å². The molecule has 0 amide bonds. The predicted octanol–water partition coefficient (Wildman–Crippen LogP) is 3.43. The standard InChI is InChI=1S/C15H12F2O3/c1-19-14-6-4-10(16)8-12(14)9-3-5-11(13(17)7-9)15(18)20-2/h3-8H,1-2H3. The fourth-order valence-electron chi connectivity index (χ4n) is 1.86. The summed E-state index contributed by atoms with van der Waals surface area (Å²) in [4.78, 5) is 11.3. The summed E-state index contributed by atoms with van der Waals surface area (Å²) in [5.74, 6) is -1.55. The highest BCUT2D eigenvalue weighted by atomic mass is 19.1. The van der Waals surface area contributed by atoms with E-state index in [4.69, 9.17) is 4.74 Å². The van der Waals surface area contributed by atoms with Crippen LogP contribution in [0.2, 0.25) is 0 Å². The highest BCUT2D eigenvalue weighted by molar-refractivity contribution is 5.90. The second-order valence-electron chi connectivity index (χ2n) is 4.03. The van der Waals surface area contributed by atoms with Crippen LogP contribution in [0.5, 0.6) is 5.75 Å². The Labute approximate surface area is 114 Å². The van der Waals surface area contributed by atoms with Crippen molar-refractivity contribution in [2.24, 2.45) is 0 Å². The van der Waals surface area contributed by atoms with Gasteiger partial charge in [0.25, 0.3) is 0 Å². The van der Waals surface area contributed by atoms with Crippen molar-refractivity contribution in [1.29, 1.82) is 0 Å². The third-order valence-corrected chi connectivity index (χ3v) is 2.85. The quantitative estimate of drug-likeness (QED) is 0.807. The number of hydrogen-bond donors (Lipinski definition) is 0. The molecule has 104 valence electrons. The van der Waals surface area contributed by atoms with Crippen molar-refractivity contribution in [1.82, 2.24) is 0 Å². The van der Waals surface area contributed by atoms with Crippen LogP contribution >= 0.6 is 0 Å². The summed E-state index contributed by atoms with van der Waals surface area (Å²) >= 11 is 0. The Hall–Kier alpha value is -2.43. The SMILES string of the molecule is COC(=O)c1ccc(-c2cc(F)ccc2OC)cc1F.